The maximum Gasteiger partial charge on any atom is 0.123 e. The molecule has 28 heavy (non-hydrogen) atoms. The number of piperidine rings is 1. The van der Waals surface area contributed by atoms with E-state index in [0.717, 1.165) is 37.0 Å². The smallest absolute Gasteiger partial charge is 0.123 e. The fourth-order valence-electron chi connectivity index (χ4n) is 5.10. The van der Waals surface area contributed by atoms with E-state index in [2.05, 4.69) is 40.8 Å². The first-order chi connectivity index (χ1) is 13.7. The quantitative estimate of drug-likeness (QED) is 0.764. The Morgan fingerprint density at radius 3 is 2.68 bits per heavy atom. The van der Waals surface area contributed by atoms with Crippen LogP contribution < -0.4 is 15.5 Å². The third-order valence-electron chi connectivity index (χ3n) is 7.17. The van der Waals surface area contributed by atoms with Gasteiger partial charge in [-0.15, -0.1) is 0 Å². The van der Waals surface area contributed by atoms with Crippen molar-refractivity contribution in [2.45, 2.75) is 63.3 Å². The summed E-state index contributed by atoms with van der Waals surface area (Å²) in [6, 6.07) is 7.89. The molecule has 2 N–H and O–H groups in total. The number of aldehydes is 1. The second-order valence-electron chi connectivity index (χ2n) is 9.29. The second kappa shape index (κ2) is 9.41. The zero-order chi connectivity index (χ0) is 19.3. The van der Waals surface area contributed by atoms with Crippen molar-refractivity contribution < 1.29 is 4.79 Å². The first-order valence-corrected chi connectivity index (χ1v) is 11.5. The van der Waals surface area contributed by atoms with E-state index in [9.17, 15) is 4.79 Å². The van der Waals surface area contributed by atoms with Crippen LogP contribution in [-0.2, 0) is 11.2 Å². The molecular formula is C24H37N3O. The molecule has 2 heterocycles. The molecule has 2 unspecified atom stereocenters. The molecule has 1 saturated heterocycles. The highest BCUT2D eigenvalue weighted by Gasteiger charge is 2.38. The number of hydrogen-bond acceptors (Lipinski definition) is 4. The lowest BCUT2D eigenvalue weighted by Gasteiger charge is -2.22. The van der Waals surface area contributed by atoms with Gasteiger partial charge in [0.25, 0.3) is 0 Å². The molecule has 3 fully saturated rings. The molecule has 2 saturated carbocycles. The standard InChI is InChI=1S/C18H27N3.C6H10O/c1-21-9-6-15-10-14(2-3-18(15)21)16-11-17(16)20-12-13-4-7-19-8-5-13;7-5-6-3-1-2-4-6/h2-3,10,13,16-17,19-20H,4-9,11-12H2,1H3;5-6H,1-4H2. The molecule has 2 aliphatic heterocycles. The summed E-state index contributed by atoms with van der Waals surface area (Å²) in [5.41, 5.74) is 4.56. The van der Waals surface area contributed by atoms with E-state index in [1.165, 1.54) is 70.4 Å². The van der Waals surface area contributed by atoms with Crippen molar-refractivity contribution in [3.63, 3.8) is 0 Å². The highest BCUT2D eigenvalue weighted by Crippen LogP contribution is 2.43. The third-order valence-corrected chi connectivity index (χ3v) is 7.17. The van der Waals surface area contributed by atoms with Crippen LogP contribution in [0.4, 0.5) is 5.69 Å². The van der Waals surface area contributed by atoms with Crippen LogP contribution in [0.5, 0.6) is 0 Å². The molecule has 2 atom stereocenters. The Hall–Kier alpha value is -1.39. The monoisotopic (exact) mass is 383 g/mol. The summed E-state index contributed by atoms with van der Waals surface area (Å²) < 4.78 is 0. The van der Waals surface area contributed by atoms with E-state index in [4.69, 9.17) is 0 Å². The van der Waals surface area contributed by atoms with Gasteiger partial charge in [-0.05, 0) is 81.3 Å². The number of hydrogen-bond donors (Lipinski definition) is 2. The molecule has 4 aliphatic rings. The van der Waals surface area contributed by atoms with Crippen LogP contribution in [-0.4, -0.2) is 45.6 Å². The lowest BCUT2D eigenvalue weighted by molar-refractivity contribution is -0.110. The number of rotatable bonds is 5. The number of carbonyl (C=O) groups is 1. The average Bonchev–Trinajstić information content (AvgIpc) is 3.13. The van der Waals surface area contributed by atoms with Gasteiger partial charge in [0.05, 0.1) is 0 Å². The van der Waals surface area contributed by atoms with E-state index in [0.29, 0.717) is 5.92 Å². The Morgan fingerprint density at radius 2 is 1.96 bits per heavy atom. The molecule has 4 heteroatoms. The van der Waals surface area contributed by atoms with Gasteiger partial charge < -0.3 is 20.3 Å². The SMILES string of the molecule is CN1CCc2cc(C3CC3NCC3CCNCC3)ccc21.O=CC1CCCC1. The molecule has 154 valence electrons. The molecule has 4 nitrogen and oxygen atoms in total. The van der Waals surface area contributed by atoms with Crippen LogP contribution in [0.25, 0.3) is 0 Å². The molecular weight excluding hydrogens is 346 g/mol. The van der Waals surface area contributed by atoms with Crippen LogP contribution in [0, 0.1) is 11.8 Å². The zero-order valence-electron chi connectivity index (χ0n) is 17.5. The number of carbonyl (C=O) groups excluding carboxylic acids is 1. The second-order valence-corrected chi connectivity index (χ2v) is 9.29. The topological polar surface area (TPSA) is 44.4 Å². The molecule has 0 bridgehead atoms. The number of anilines is 1. The van der Waals surface area contributed by atoms with Gasteiger partial charge in [-0.1, -0.05) is 25.0 Å². The van der Waals surface area contributed by atoms with Gasteiger partial charge in [0.1, 0.15) is 6.29 Å². The van der Waals surface area contributed by atoms with Crippen LogP contribution in [0.15, 0.2) is 18.2 Å². The molecule has 1 aromatic rings. The highest BCUT2D eigenvalue weighted by atomic mass is 16.1. The Bertz CT molecular complexity index is 649. The minimum Gasteiger partial charge on any atom is -0.374 e. The molecule has 0 amide bonds. The first kappa shape index (κ1) is 19.9. The summed E-state index contributed by atoms with van der Waals surface area (Å²) in [5.74, 6) is 2.07. The fraction of sp³-hybridized carbons (Fsp3) is 0.708. The number of nitrogens with zero attached hydrogens (tertiary/aromatic N) is 1. The predicted octanol–water partition coefficient (Wildman–Crippen LogP) is 3.50. The van der Waals surface area contributed by atoms with Gasteiger partial charge in [0.2, 0.25) is 0 Å². The van der Waals surface area contributed by atoms with Gasteiger partial charge in [0, 0.05) is 37.2 Å². The minimum atomic E-state index is 0.417. The maximum absolute atomic E-state index is 10.0. The van der Waals surface area contributed by atoms with Crippen molar-refractivity contribution in [3.05, 3.63) is 29.3 Å². The molecule has 0 radical (unpaired) electrons. The summed E-state index contributed by atoms with van der Waals surface area (Å²) in [6.45, 7) is 4.81. The van der Waals surface area contributed by atoms with Crippen LogP contribution >= 0.6 is 0 Å². The van der Waals surface area contributed by atoms with Crippen molar-refractivity contribution in [3.8, 4) is 0 Å². The van der Waals surface area contributed by atoms with E-state index in [1.807, 2.05) is 0 Å². The van der Waals surface area contributed by atoms with E-state index in [-0.39, 0.29) is 0 Å². The summed E-state index contributed by atoms with van der Waals surface area (Å²) in [4.78, 5) is 12.4. The summed E-state index contributed by atoms with van der Waals surface area (Å²) in [6.07, 6.45) is 11.1. The first-order valence-electron chi connectivity index (χ1n) is 11.5. The Labute approximate surface area is 170 Å². The number of fused-ring (bicyclic) bond motifs is 1. The third kappa shape index (κ3) is 4.96. The predicted molar refractivity (Wildman–Crippen MR) is 116 cm³/mol. The van der Waals surface area contributed by atoms with Gasteiger partial charge in [-0.3, -0.25) is 0 Å². The van der Waals surface area contributed by atoms with Gasteiger partial charge in [0.15, 0.2) is 0 Å². The van der Waals surface area contributed by atoms with E-state index in [1.54, 1.807) is 11.1 Å². The Balaban J connectivity index is 0.000000233. The summed E-state index contributed by atoms with van der Waals surface area (Å²) in [5, 5.41) is 7.26. The Kier molecular flexibility index (Phi) is 6.69. The molecule has 1 aromatic carbocycles. The van der Waals surface area contributed by atoms with Crippen molar-refractivity contribution in [2.75, 3.05) is 38.1 Å². The molecule has 0 aromatic heterocycles. The largest absolute Gasteiger partial charge is 0.374 e. The van der Waals surface area contributed by atoms with Crippen LogP contribution in [0.2, 0.25) is 0 Å². The maximum atomic E-state index is 10.0. The Morgan fingerprint density at radius 1 is 1.18 bits per heavy atom. The highest BCUT2D eigenvalue weighted by molar-refractivity contribution is 5.59. The summed E-state index contributed by atoms with van der Waals surface area (Å²) in [7, 11) is 2.20. The number of likely N-dealkylation sites (N-methyl/N-ethyl adjacent to an activating group) is 1. The van der Waals surface area contributed by atoms with Crippen LogP contribution in [0.1, 0.15) is 62.0 Å². The van der Waals surface area contributed by atoms with Crippen molar-refractivity contribution in [1.29, 1.82) is 0 Å². The van der Waals surface area contributed by atoms with Gasteiger partial charge in [-0.2, -0.15) is 0 Å². The summed E-state index contributed by atoms with van der Waals surface area (Å²) >= 11 is 0. The van der Waals surface area contributed by atoms with E-state index < -0.39 is 0 Å². The fourth-order valence-corrected chi connectivity index (χ4v) is 5.10. The normalized spacial score (nSPS) is 27.2. The zero-order valence-corrected chi connectivity index (χ0v) is 17.5. The minimum absolute atomic E-state index is 0.417. The van der Waals surface area contributed by atoms with Crippen molar-refractivity contribution >= 4 is 12.0 Å². The molecule has 0 spiro atoms. The van der Waals surface area contributed by atoms with Gasteiger partial charge in [-0.25, -0.2) is 0 Å². The molecule has 5 rings (SSSR count). The van der Waals surface area contributed by atoms with Crippen molar-refractivity contribution in [2.24, 2.45) is 11.8 Å². The van der Waals surface area contributed by atoms with Crippen molar-refractivity contribution in [1.82, 2.24) is 10.6 Å². The number of nitrogens with one attached hydrogen (secondary N) is 2. The van der Waals surface area contributed by atoms with Gasteiger partial charge >= 0.3 is 0 Å². The number of benzene rings is 1. The van der Waals surface area contributed by atoms with E-state index >= 15 is 0 Å². The average molecular weight is 384 g/mol. The lowest BCUT2D eigenvalue weighted by Crippen LogP contribution is -2.34. The lowest BCUT2D eigenvalue weighted by atomic mass is 9.98. The molecule has 2 aliphatic carbocycles. The van der Waals surface area contributed by atoms with Crippen LogP contribution in [0.3, 0.4) is 0 Å².